The molecular formula is C13H20ClNO2. The molecule has 0 radical (unpaired) electrons. The zero-order valence-corrected chi connectivity index (χ0v) is 11.0. The molecular weight excluding hydrogens is 238 g/mol. The molecule has 0 spiro atoms. The van der Waals surface area contributed by atoms with E-state index in [1.165, 1.54) is 0 Å². The zero-order valence-electron chi connectivity index (χ0n) is 10.2. The maximum absolute atomic E-state index is 9.32. The number of anilines is 1. The average Bonchev–Trinajstić information content (AvgIpc) is 2.34. The molecule has 0 saturated heterocycles. The number of aliphatic hydroxyl groups is 2. The monoisotopic (exact) mass is 257 g/mol. The third-order valence-corrected chi connectivity index (χ3v) is 2.94. The normalized spacial score (nSPS) is 10.6. The number of benzene rings is 1. The second-order valence-electron chi connectivity index (χ2n) is 4.00. The molecule has 0 saturated carbocycles. The minimum Gasteiger partial charge on any atom is -0.395 e. The number of nitrogens with zero attached hydrogens (tertiary/aromatic N) is 1. The summed E-state index contributed by atoms with van der Waals surface area (Å²) in [5, 5.41) is 19.1. The van der Waals surface area contributed by atoms with E-state index >= 15 is 0 Å². The van der Waals surface area contributed by atoms with Crippen molar-refractivity contribution in [2.75, 3.05) is 24.6 Å². The molecule has 0 fully saturated rings. The van der Waals surface area contributed by atoms with Crippen molar-refractivity contribution in [1.82, 2.24) is 0 Å². The van der Waals surface area contributed by atoms with Gasteiger partial charge in [-0.15, -0.1) is 0 Å². The smallest absolute Gasteiger partial charge is 0.0702 e. The first-order valence-corrected chi connectivity index (χ1v) is 6.35. The lowest BCUT2D eigenvalue weighted by Gasteiger charge is -2.26. The van der Waals surface area contributed by atoms with Gasteiger partial charge in [-0.05, 0) is 18.6 Å². The first-order valence-electron chi connectivity index (χ1n) is 5.98. The van der Waals surface area contributed by atoms with Crippen LogP contribution in [0.1, 0.15) is 25.3 Å². The van der Waals surface area contributed by atoms with Crippen molar-refractivity contribution >= 4 is 17.3 Å². The van der Waals surface area contributed by atoms with Crippen molar-refractivity contribution in [2.45, 2.75) is 26.4 Å². The van der Waals surface area contributed by atoms with Gasteiger partial charge in [-0.2, -0.15) is 0 Å². The van der Waals surface area contributed by atoms with E-state index in [0.717, 1.165) is 30.6 Å². The Bertz CT molecular complexity index is 344. The van der Waals surface area contributed by atoms with Crippen molar-refractivity contribution in [3.05, 3.63) is 28.8 Å². The Kier molecular flexibility index (Phi) is 6.34. The Labute approximate surface area is 108 Å². The molecule has 0 bridgehead atoms. The van der Waals surface area contributed by atoms with E-state index < -0.39 is 0 Å². The lowest BCUT2D eigenvalue weighted by atomic mass is 10.1. The Morgan fingerprint density at radius 1 is 1.24 bits per heavy atom. The van der Waals surface area contributed by atoms with E-state index in [0.29, 0.717) is 11.6 Å². The molecule has 3 nitrogen and oxygen atoms in total. The predicted octanol–water partition coefficient (Wildman–Crippen LogP) is 2.43. The third kappa shape index (κ3) is 4.19. The van der Waals surface area contributed by atoms with E-state index in [2.05, 4.69) is 11.8 Å². The van der Waals surface area contributed by atoms with Crippen molar-refractivity contribution < 1.29 is 10.2 Å². The lowest BCUT2D eigenvalue weighted by Crippen LogP contribution is -2.28. The third-order valence-electron chi connectivity index (χ3n) is 2.71. The summed E-state index contributed by atoms with van der Waals surface area (Å²) in [5.41, 5.74) is 1.77. The van der Waals surface area contributed by atoms with E-state index in [1.54, 1.807) is 6.07 Å². The molecule has 0 aliphatic carbocycles. The SMILES string of the molecule is CCCCN(CCO)c1cc(Cl)ccc1CO. The largest absolute Gasteiger partial charge is 0.395 e. The second kappa shape index (κ2) is 7.54. The second-order valence-corrected chi connectivity index (χ2v) is 4.43. The standard InChI is InChI=1S/C13H20ClNO2/c1-2-3-6-15(7-8-16)13-9-12(14)5-4-11(13)10-17/h4-5,9,16-17H,2-3,6-8,10H2,1H3. The molecule has 0 heterocycles. The van der Waals surface area contributed by atoms with E-state index in [1.807, 2.05) is 12.1 Å². The molecule has 0 aromatic heterocycles. The highest BCUT2D eigenvalue weighted by Crippen LogP contribution is 2.25. The van der Waals surface area contributed by atoms with Crippen LogP contribution in [0, 0.1) is 0 Å². The molecule has 0 amide bonds. The quantitative estimate of drug-likeness (QED) is 0.789. The fourth-order valence-corrected chi connectivity index (χ4v) is 1.95. The molecule has 4 heteroatoms. The van der Waals surface area contributed by atoms with Crippen molar-refractivity contribution in [1.29, 1.82) is 0 Å². The highest BCUT2D eigenvalue weighted by molar-refractivity contribution is 6.30. The van der Waals surface area contributed by atoms with Gasteiger partial charge in [-0.25, -0.2) is 0 Å². The zero-order chi connectivity index (χ0) is 12.7. The minimum absolute atomic E-state index is 0.0133. The summed E-state index contributed by atoms with van der Waals surface area (Å²) < 4.78 is 0. The van der Waals surface area contributed by atoms with Gasteiger partial charge < -0.3 is 15.1 Å². The summed E-state index contributed by atoms with van der Waals surface area (Å²) in [6, 6.07) is 5.44. The number of hydrogen-bond donors (Lipinski definition) is 2. The van der Waals surface area contributed by atoms with Crippen LogP contribution >= 0.6 is 11.6 Å². The van der Waals surface area contributed by atoms with Gasteiger partial charge in [0.2, 0.25) is 0 Å². The molecule has 0 unspecified atom stereocenters. The summed E-state index contributed by atoms with van der Waals surface area (Å²) in [5.74, 6) is 0. The van der Waals surface area contributed by atoms with Crippen LogP contribution in [0.15, 0.2) is 18.2 Å². The summed E-state index contributed by atoms with van der Waals surface area (Å²) in [7, 11) is 0. The van der Waals surface area contributed by atoms with Crippen LogP contribution in [0.5, 0.6) is 0 Å². The summed E-state index contributed by atoms with van der Waals surface area (Å²) in [4.78, 5) is 2.07. The van der Waals surface area contributed by atoms with Crippen molar-refractivity contribution in [3.8, 4) is 0 Å². The van der Waals surface area contributed by atoms with E-state index in [-0.39, 0.29) is 13.2 Å². The Morgan fingerprint density at radius 3 is 2.59 bits per heavy atom. The molecule has 17 heavy (non-hydrogen) atoms. The first-order chi connectivity index (χ1) is 8.22. The molecule has 2 N–H and O–H groups in total. The predicted molar refractivity (Wildman–Crippen MR) is 71.6 cm³/mol. The topological polar surface area (TPSA) is 43.7 Å². The van der Waals surface area contributed by atoms with Crippen LogP contribution in [0.3, 0.4) is 0 Å². The summed E-state index contributed by atoms with van der Waals surface area (Å²) in [6.07, 6.45) is 2.15. The van der Waals surface area contributed by atoms with Crippen LogP contribution in [0.4, 0.5) is 5.69 Å². The van der Waals surface area contributed by atoms with Gasteiger partial charge in [0.1, 0.15) is 0 Å². The Balaban J connectivity index is 2.93. The van der Waals surface area contributed by atoms with Crippen LogP contribution in [0.25, 0.3) is 0 Å². The highest BCUT2D eigenvalue weighted by Gasteiger charge is 2.10. The number of unbranched alkanes of at least 4 members (excludes halogenated alkanes) is 1. The van der Waals surface area contributed by atoms with Crippen LogP contribution < -0.4 is 4.90 Å². The number of rotatable bonds is 7. The number of hydrogen-bond acceptors (Lipinski definition) is 3. The average molecular weight is 258 g/mol. The maximum Gasteiger partial charge on any atom is 0.0702 e. The molecule has 96 valence electrons. The number of halogens is 1. The summed E-state index contributed by atoms with van der Waals surface area (Å²) >= 11 is 5.98. The highest BCUT2D eigenvalue weighted by atomic mass is 35.5. The van der Waals surface area contributed by atoms with E-state index in [9.17, 15) is 5.11 Å². The van der Waals surface area contributed by atoms with Crippen molar-refractivity contribution in [2.24, 2.45) is 0 Å². The van der Waals surface area contributed by atoms with Crippen LogP contribution in [-0.4, -0.2) is 29.9 Å². The molecule has 0 aliphatic rings. The van der Waals surface area contributed by atoms with Gasteiger partial charge in [-0.1, -0.05) is 31.0 Å². The lowest BCUT2D eigenvalue weighted by molar-refractivity contribution is 0.280. The van der Waals surface area contributed by atoms with Crippen LogP contribution in [0.2, 0.25) is 5.02 Å². The molecule has 1 aromatic rings. The first kappa shape index (κ1) is 14.3. The van der Waals surface area contributed by atoms with Gasteiger partial charge in [0, 0.05) is 29.4 Å². The van der Waals surface area contributed by atoms with Gasteiger partial charge in [-0.3, -0.25) is 0 Å². The minimum atomic E-state index is -0.0133. The van der Waals surface area contributed by atoms with Gasteiger partial charge in [0.25, 0.3) is 0 Å². The van der Waals surface area contributed by atoms with Gasteiger partial charge in [0.05, 0.1) is 13.2 Å². The van der Waals surface area contributed by atoms with Gasteiger partial charge >= 0.3 is 0 Å². The van der Waals surface area contributed by atoms with E-state index in [4.69, 9.17) is 16.7 Å². The molecule has 1 rings (SSSR count). The van der Waals surface area contributed by atoms with Gasteiger partial charge in [0.15, 0.2) is 0 Å². The maximum atomic E-state index is 9.32. The molecule has 0 aliphatic heterocycles. The molecule has 0 atom stereocenters. The Morgan fingerprint density at radius 2 is 2.00 bits per heavy atom. The number of aliphatic hydroxyl groups excluding tert-OH is 2. The molecule has 1 aromatic carbocycles. The van der Waals surface area contributed by atoms with Crippen molar-refractivity contribution in [3.63, 3.8) is 0 Å². The summed E-state index contributed by atoms with van der Waals surface area (Å²) in [6.45, 7) is 3.64. The Hall–Kier alpha value is -0.770. The fraction of sp³-hybridized carbons (Fsp3) is 0.538. The van der Waals surface area contributed by atoms with Crippen LogP contribution in [-0.2, 0) is 6.61 Å². The fourth-order valence-electron chi connectivity index (χ4n) is 1.79.